The number of carboxylic acid groups (broad SMARTS) is 2. The molecule has 0 aliphatic carbocycles. The first-order valence-electron chi connectivity index (χ1n) is 25.0. The van der Waals surface area contributed by atoms with Crippen LogP contribution in [-0.4, -0.2) is 168 Å². The van der Waals surface area contributed by atoms with Crippen LogP contribution in [0.25, 0.3) is 0 Å². The summed E-state index contributed by atoms with van der Waals surface area (Å²) < 4.78 is 0. The maximum absolute atomic E-state index is 14.2. The minimum Gasteiger partial charge on any atom is -0.481 e. The van der Waals surface area contributed by atoms with Gasteiger partial charge in [0.25, 0.3) is 0 Å². The van der Waals surface area contributed by atoms with Crippen molar-refractivity contribution in [2.45, 2.75) is 167 Å². The van der Waals surface area contributed by atoms with E-state index in [0.29, 0.717) is 19.3 Å². The van der Waals surface area contributed by atoms with Gasteiger partial charge in [-0.3, -0.25) is 62.9 Å². The first-order valence-corrected chi connectivity index (χ1v) is 25.0. The Kier molecular flexibility index (Phi) is 32.2. The number of likely N-dealkylation sites (N-methyl/N-ethyl adjacent to an activating group) is 1. The summed E-state index contributed by atoms with van der Waals surface area (Å²) in [6.45, 7) is 14.5. The number of guanidine groups is 1. The van der Waals surface area contributed by atoms with Crippen molar-refractivity contribution in [3.8, 4) is 0 Å². The second-order valence-electron chi connectivity index (χ2n) is 18.8. The SMILES string of the molecule is C=C(C)[C@H](NC(=O)[C@H](CC(C)C)NC(=O)[C@H](CCCNC(=N)N)NC(=O)[C@@H](NC(=O)[C@H](CCC(=O)O)NC(=O)[C@H](C)N)C(C)CC)C(=O)N[C@@H](C)C(=O)N[C@@H](CCCCN)C(=O)N[C@@H](CC(=O)O)C(=O)NCC(=O)NC. The lowest BCUT2D eigenvalue weighted by molar-refractivity contribution is -0.141. The number of aliphatic carboxylic acids is 2. The van der Waals surface area contributed by atoms with Gasteiger partial charge in [-0.25, -0.2) is 0 Å². The Hall–Kier alpha value is -7.43. The summed E-state index contributed by atoms with van der Waals surface area (Å²) in [5.41, 5.74) is 16.8. The summed E-state index contributed by atoms with van der Waals surface area (Å²) in [6, 6.07) is -12.4. The van der Waals surface area contributed by atoms with Crippen molar-refractivity contribution in [2.24, 2.45) is 29.0 Å². The smallest absolute Gasteiger partial charge is 0.305 e. The maximum Gasteiger partial charge on any atom is 0.305 e. The standard InChI is InChI=1S/C47H83N15O14/c1-10-25(6)37(62-43(73)30(16-17-34(64)65)56-38(68)26(7)49)46(76)58-29(15-13-19-53-47(50)51)42(72)59-31(20-23(2)3)44(74)61-36(24(4)5)45(75)55-27(8)39(69)57-28(14-11-12-18-48)41(71)60-32(21-35(66)67)40(70)54-22-33(63)52-9/h23,25-32,36-37H,4,10-22,48-49H2,1-3,5-9H3,(H,52,63)(H,54,70)(H,55,75)(H,56,68)(H,57,69)(H,58,76)(H,59,72)(H,60,71)(H,61,74)(H,62,73)(H,64,65)(H,66,67)(H4,50,51,53)/t25?,26-,27-,28-,29-,30-,31-,32-,36-,37-/m0/s1. The molecular weight excluding hydrogens is 999 g/mol. The summed E-state index contributed by atoms with van der Waals surface area (Å²) in [7, 11) is 1.31. The minimum absolute atomic E-state index is 0.000548. The van der Waals surface area contributed by atoms with Crippen LogP contribution < -0.4 is 75.7 Å². The zero-order valence-corrected chi connectivity index (χ0v) is 44.8. The molecule has 10 amide bonds. The first kappa shape index (κ1) is 68.6. The Bertz CT molecular complexity index is 2060. The van der Waals surface area contributed by atoms with E-state index in [1.54, 1.807) is 27.7 Å². The molecule has 0 heterocycles. The molecule has 0 saturated carbocycles. The predicted octanol–water partition coefficient (Wildman–Crippen LogP) is -4.51. The fraction of sp³-hybridized carbons (Fsp3) is 0.681. The van der Waals surface area contributed by atoms with Crippen LogP contribution in [0.1, 0.15) is 113 Å². The van der Waals surface area contributed by atoms with Gasteiger partial charge in [-0.2, -0.15) is 0 Å². The molecule has 0 rings (SSSR count). The second kappa shape index (κ2) is 35.7. The van der Waals surface area contributed by atoms with Crippen molar-refractivity contribution >= 4 is 77.0 Å². The molecule has 0 aliphatic rings. The summed E-state index contributed by atoms with van der Waals surface area (Å²) in [5.74, 6) is -12.5. The van der Waals surface area contributed by atoms with Gasteiger partial charge in [0.2, 0.25) is 59.1 Å². The summed E-state index contributed by atoms with van der Waals surface area (Å²) in [6.07, 6.45) is -0.645. The van der Waals surface area contributed by atoms with Gasteiger partial charge >= 0.3 is 11.9 Å². The number of hydrogen-bond acceptors (Lipinski definition) is 15. The minimum atomic E-state index is -1.65. The lowest BCUT2D eigenvalue weighted by atomic mass is 9.96. The quantitative estimate of drug-likeness (QED) is 0.0121. The van der Waals surface area contributed by atoms with Gasteiger partial charge in [-0.15, -0.1) is 0 Å². The third-order valence-corrected chi connectivity index (χ3v) is 11.5. The lowest BCUT2D eigenvalue weighted by Crippen LogP contribution is -2.61. The topological polar surface area (TPSA) is 480 Å². The van der Waals surface area contributed by atoms with Gasteiger partial charge in [0.1, 0.15) is 48.3 Å². The molecule has 430 valence electrons. The number of carboxylic acids is 2. The van der Waals surface area contributed by atoms with Crippen molar-refractivity contribution in [1.29, 1.82) is 5.41 Å². The molecular formula is C47H83N15O14. The molecule has 76 heavy (non-hydrogen) atoms. The highest BCUT2D eigenvalue weighted by Gasteiger charge is 2.36. The van der Waals surface area contributed by atoms with Gasteiger partial charge < -0.3 is 85.9 Å². The second-order valence-corrected chi connectivity index (χ2v) is 18.8. The number of amides is 10. The van der Waals surface area contributed by atoms with Crippen LogP contribution >= 0.6 is 0 Å². The van der Waals surface area contributed by atoms with Crippen LogP contribution in [0, 0.1) is 17.2 Å². The molecule has 29 heteroatoms. The number of nitrogens with two attached hydrogens (primary N) is 3. The van der Waals surface area contributed by atoms with Crippen molar-refractivity contribution in [1.82, 2.24) is 58.5 Å². The van der Waals surface area contributed by atoms with E-state index in [2.05, 4.69) is 65.1 Å². The Balaban J connectivity index is 6.59. The molecule has 0 aromatic heterocycles. The number of nitrogens with one attached hydrogen (secondary N) is 12. The number of rotatable bonds is 37. The molecule has 0 aromatic carbocycles. The van der Waals surface area contributed by atoms with Gasteiger partial charge in [-0.1, -0.05) is 40.7 Å². The number of carbonyl (C=O) groups is 12. The van der Waals surface area contributed by atoms with Crippen LogP contribution in [0.15, 0.2) is 12.2 Å². The van der Waals surface area contributed by atoms with E-state index >= 15 is 0 Å². The van der Waals surface area contributed by atoms with E-state index in [-0.39, 0.29) is 62.6 Å². The van der Waals surface area contributed by atoms with Crippen molar-refractivity contribution in [3.05, 3.63) is 12.2 Å². The monoisotopic (exact) mass is 1080 g/mol. The molecule has 20 N–H and O–H groups in total. The summed E-state index contributed by atoms with van der Waals surface area (Å²) in [5, 5.41) is 53.3. The third kappa shape index (κ3) is 27.2. The molecule has 0 aromatic rings. The van der Waals surface area contributed by atoms with Gasteiger partial charge in [0, 0.05) is 20.0 Å². The highest BCUT2D eigenvalue weighted by molar-refractivity contribution is 5.99. The van der Waals surface area contributed by atoms with Crippen LogP contribution in [0.4, 0.5) is 0 Å². The fourth-order valence-electron chi connectivity index (χ4n) is 6.94. The van der Waals surface area contributed by atoms with E-state index in [1.807, 2.05) is 0 Å². The summed E-state index contributed by atoms with van der Waals surface area (Å²) in [4.78, 5) is 157. The van der Waals surface area contributed by atoms with Crippen LogP contribution in [0.5, 0.6) is 0 Å². The van der Waals surface area contributed by atoms with Gasteiger partial charge in [-0.05, 0) is 89.7 Å². The number of hydrogen-bond donors (Lipinski definition) is 17. The van der Waals surface area contributed by atoms with E-state index < -0.39 is 151 Å². The number of carbonyl (C=O) groups excluding carboxylic acids is 10. The van der Waals surface area contributed by atoms with Crippen molar-refractivity contribution in [3.63, 3.8) is 0 Å². The predicted molar refractivity (Wildman–Crippen MR) is 277 cm³/mol. The molecule has 0 radical (unpaired) electrons. The van der Waals surface area contributed by atoms with E-state index in [4.69, 9.17) is 22.6 Å². The lowest BCUT2D eigenvalue weighted by Gasteiger charge is -2.30. The van der Waals surface area contributed by atoms with E-state index in [1.165, 1.54) is 27.8 Å². The van der Waals surface area contributed by atoms with Crippen LogP contribution in [0.2, 0.25) is 0 Å². The molecule has 1 unspecified atom stereocenters. The molecule has 0 aliphatic heterocycles. The van der Waals surface area contributed by atoms with Crippen molar-refractivity contribution < 1.29 is 67.7 Å². The maximum atomic E-state index is 14.2. The average molecular weight is 1080 g/mol. The Morgan fingerprint density at radius 1 is 0.592 bits per heavy atom. The average Bonchev–Trinajstić information content (AvgIpc) is 3.33. The Labute approximate surface area is 442 Å². The highest BCUT2D eigenvalue weighted by atomic mass is 16.4. The van der Waals surface area contributed by atoms with E-state index in [0.717, 1.165) is 0 Å². The molecule has 0 saturated heterocycles. The summed E-state index contributed by atoms with van der Waals surface area (Å²) >= 11 is 0. The Morgan fingerprint density at radius 2 is 1.11 bits per heavy atom. The van der Waals surface area contributed by atoms with E-state index in [9.17, 15) is 67.7 Å². The molecule has 10 atom stereocenters. The normalized spacial score (nSPS) is 14.8. The van der Waals surface area contributed by atoms with Crippen LogP contribution in [0.3, 0.4) is 0 Å². The Morgan fingerprint density at radius 3 is 1.61 bits per heavy atom. The zero-order valence-electron chi connectivity index (χ0n) is 44.8. The fourth-order valence-corrected chi connectivity index (χ4v) is 6.94. The number of unbranched alkanes of at least 4 members (excludes halogenated alkanes) is 1. The molecule has 0 spiro atoms. The third-order valence-electron chi connectivity index (χ3n) is 11.5. The molecule has 29 nitrogen and oxygen atoms in total. The van der Waals surface area contributed by atoms with Crippen LogP contribution in [-0.2, 0) is 57.5 Å². The molecule has 0 bridgehead atoms. The first-order chi connectivity index (χ1) is 35.5. The van der Waals surface area contributed by atoms with Gasteiger partial charge in [0.05, 0.1) is 19.0 Å². The highest BCUT2D eigenvalue weighted by Crippen LogP contribution is 2.13. The van der Waals surface area contributed by atoms with Crippen molar-refractivity contribution in [2.75, 3.05) is 26.7 Å². The largest absolute Gasteiger partial charge is 0.481 e. The molecule has 0 fully saturated rings. The zero-order chi connectivity index (χ0) is 58.4. The van der Waals surface area contributed by atoms with Gasteiger partial charge in [0.15, 0.2) is 5.96 Å².